The van der Waals surface area contributed by atoms with E-state index < -0.39 is 0 Å². The zero-order valence-electron chi connectivity index (χ0n) is 12.2. The van der Waals surface area contributed by atoms with Crippen molar-refractivity contribution < 1.29 is 14.6 Å². The minimum atomic E-state index is -0.191. The van der Waals surface area contributed by atoms with Crippen LogP contribution in [0.4, 0.5) is 0 Å². The third kappa shape index (κ3) is 5.04. The first-order valence-corrected chi connectivity index (χ1v) is 6.58. The van der Waals surface area contributed by atoms with E-state index in [-0.39, 0.29) is 18.6 Å². The average Bonchev–Trinajstić information content (AvgIpc) is 2.44. The first kappa shape index (κ1) is 16.2. The van der Waals surface area contributed by atoms with Gasteiger partial charge in [-0.25, -0.2) is 0 Å². The number of hydrogen-bond acceptors (Lipinski definition) is 3. The van der Waals surface area contributed by atoms with E-state index in [4.69, 9.17) is 9.84 Å². The molecule has 1 aromatic carbocycles. The van der Waals surface area contributed by atoms with Crippen molar-refractivity contribution in [3.63, 3.8) is 0 Å². The zero-order chi connectivity index (χ0) is 15.0. The van der Waals surface area contributed by atoms with Gasteiger partial charge in [-0.15, -0.1) is 0 Å². The van der Waals surface area contributed by atoms with Gasteiger partial charge in [0.1, 0.15) is 6.61 Å². The lowest BCUT2D eigenvalue weighted by molar-refractivity contribution is 0.0929. The molecule has 0 bridgehead atoms. The van der Waals surface area contributed by atoms with Gasteiger partial charge in [-0.05, 0) is 38.0 Å². The van der Waals surface area contributed by atoms with E-state index in [0.717, 1.165) is 17.5 Å². The van der Waals surface area contributed by atoms with E-state index in [2.05, 4.69) is 17.2 Å². The van der Waals surface area contributed by atoms with Crippen LogP contribution in [0.25, 0.3) is 0 Å². The van der Waals surface area contributed by atoms with E-state index in [1.165, 1.54) is 0 Å². The fourth-order valence-electron chi connectivity index (χ4n) is 1.75. The minimum absolute atomic E-state index is 0.0500. The highest BCUT2D eigenvalue weighted by Gasteiger charge is 2.12. The van der Waals surface area contributed by atoms with E-state index in [1.54, 1.807) is 13.2 Å². The second-order valence-electron chi connectivity index (χ2n) is 4.65. The van der Waals surface area contributed by atoms with Crippen LogP contribution in [0.1, 0.15) is 34.8 Å². The molecule has 2 N–H and O–H groups in total. The number of hydrogen-bond donors (Lipinski definition) is 2. The predicted octanol–water partition coefficient (Wildman–Crippen LogP) is 1.49. The van der Waals surface area contributed by atoms with Crippen LogP contribution in [0.2, 0.25) is 0 Å². The summed E-state index contributed by atoms with van der Waals surface area (Å²) in [5.74, 6) is 5.27. The van der Waals surface area contributed by atoms with Crippen LogP contribution in [-0.4, -0.2) is 37.4 Å². The van der Waals surface area contributed by atoms with Crippen LogP contribution in [0.5, 0.6) is 0 Å². The summed E-state index contributed by atoms with van der Waals surface area (Å²) in [5.41, 5.74) is 2.23. The standard InChI is InChI=1S/C16H21NO3/c1-12-6-7-14(5-4-9-18)11-15(12)16(19)17-13(2)8-10-20-3/h6-7,11,13,18H,8-10H2,1-3H3,(H,17,19). The maximum absolute atomic E-state index is 12.2. The highest BCUT2D eigenvalue weighted by molar-refractivity contribution is 5.96. The molecule has 0 heterocycles. The van der Waals surface area contributed by atoms with Crippen LogP contribution in [0, 0.1) is 18.8 Å². The zero-order valence-corrected chi connectivity index (χ0v) is 12.2. The number of benzene rings is 1. The van der Waals surface area contributed by atoms with Gasteiger partial charge in [-0.3, -0.25) is 4.79 Å². The monoisotopic (exact) mass is 275 g/mol. The molecule has 0 aromatic heterocycles. The normalized spacial score (nSPS) is 11.4. The number of rotatable bonds is 5. The van der Waals surface area contributed by atoms with Gasteiger partial charge in [0.15, 0.2) is 0 Å². The van der Waals surface area contributed by atoms with Gasteiger partial charge in [-0.2, -0.15) is 0 Å². The molecule has 0 radical (unpaired) electrons. The molecule has 1 amide bonds. The van der Waals surface area contributed by atoms with Crippen molar-refractivity contribution in [3.05, 3.63) is 34.9 Å². The molecule has 4 heteroatoms. The van der Waals surface area contributed by atoms with Gasteiger partial charge in [0.25, 0.3) is 5.91 Å². The Labute approximate surface area is 120 Å². The number of aliphatic hydroxyl groups excluding tert-OH is 1. The smallest absolute Gasteiger partial charge is 0.251 e. The molecule has 1 aromatic rings. The fourth-order valence-corrected chi connectivity index (χ4v) is 1.75. The Morgan fingerprint density at radius 1 is 1.50 bits per heavy atom. The van der Waals surface area contributed by atoms with Crippen molar-refractivity contribution in [2.75, 3.05) is 20.3 Å². The molecular weight excluding hydrogens is 254 g/mol. The molecule has 0 spiro atoms. The van der Waals surface area contributed by atoms with Crippen LogP contribution < -0.4 is 5.32 Å². The minimum Gasteiger partial charge on any atom is -0.385 e. The number of aryl methyl sites for hydroxylation is 1. The summed E-state index contributed by atoms with van der Waals surface area (Å²) in [6.07, 6.45) is 0.769. The lowest BCUT2D eigenvalue weighted by Gasteiger charge is -2.14. The van der Waals surface area contributed by atoms with Crippen molar-refractivity contribution in [2.24, 2.45) is 0 Å². The highest BCUT2D eigenvalue weighted by Crippen LogP contribution is 2.11. The van der Waals surface area contributed by atoms with Gasteiger partial charge >= 0.3 is 0 Å². The summed E-state index contributed by atoms with van der Waals surface area (Å²) >= 11 is 0. The maximum Gasteiger partial charge on any atom is 0.251 e. The summed E-state index contributed by atoms with van der Waals surface area (Å²) < 4.78 is 4.99. The van der Waals surface area contributed by atoms with Crippen LogP contribution in [-0.2, 0) is 4.74 Å². The lowest BCUT2D eigenvalue weighted by Crippen LogP contribution is -2.33. The molecule has 108 valence electrons. The quantitative estimate of drug-likeness (QED) is 0.801. The molecule has 1 atom stereocenters. The van der Waals surface area contributed by atoms with E-state index in [9.17, 15) is 4.79 Å². The summed E-state index contributed by atoms with van der Waals surface area (Å²) in [6.45, 7) is 4.26. The Hall–Kier alpha value is -1.83. The maximum atomic E-state index is 12.2. The van der Waals surface area contributed by atoms with Crippen LogP contribution in [0.3, 0.4) is 0 Å². The molecule has 1 rings (SSSR count). The summed E-state index contributed by atoms with van der Waals surface area (Å²) in [5, 5.41) is 11.6. The molecule has 0 saturated heterocycles. The highest BCUT2D eigenvalue weighted by atomic mass is 16.5. The number of aliphatic hydroxyl groups is 1. The van der Waals surface area contributed by atoms with Crippen LogP contribution >= 0.6 is 0 Å². The van der Waals surface area contributed by atoms with E-state index in [1.807, 2.05) is 26.0 Å². The van der Waals surface area contributed by atoms with Gasteiger partial charge in [0.2, 0.25) is 0 Å². The lowest BCUT2D eigenvalue weighted by atomic mass is 10.0. The second kappa shape index (κ2) is 8.36. The van der Waals surface area contributed by atoms with Gasteiger partial charge in [0.05, 0.1) is 0 Å². The first-order chi connectivity index (χ1) is 9.58. The summed E-state index contributed by atoms with van der Waals surface area (Å²) in [7, 11) is 1.64. The number of amides is 1. The van der Waals surface area contributed by atoms with Crippen molar-refractivity contribution in [1.82, 2.24) is 5.32 Å². The average molecular weight is 275 g/mol. The summed E-state index contributed by atoms with van der Waals surface area (Å²) in [4.78, 5) is 12.2. The topological polar surface area (TPSA) is 58.6 Å². The summed E-state index contributed by atoms with van der Waals surface area (Å²) in [6, 6.07) is 5.49. The Morgan fingerprint density at radius 2 is 2.25 bits per heavy atom. The second-order valence-corrected chi connectivity index (χ2v) is 4.65. The van der Waals surface area contributed by atoms with Gasteiger partial charge in [0, 0.05) is 30.9 Å². The molecule has 0 fully saturated rings. The third-order valence-corrected chi connectivity index (χ3v) is 2.93. The molecule has 0 aliphatic heterocycles. The molecule has 0 saturated carbocycles. The van der Waals surface area contributed by atoms with Crippen molar-refractivity contribution >= 4 is 5.91 Å². The number of carbonyl (C=O) groups is 1. The Morgan fingerprint density at radius 3 is 2.90 bits per heavy atom. The molecular formula is C16H21NO3. The molecule has 20 heavy (non-hydrogen) atoms. The number of ether oxygens (including phenoxy) is 1. The number of carbonyl (C=O) groups excluding carboxylic acids is 1. The number of nitrogens with one attached hydrogen (secondary N) is 1. The molecule has 0 aliphatic carbocycles. The third-order valence-electron chi connectivity index (χ3n) is 2.93. The van der Waals surface area contributed by atoms with E-state index in [0.29, 0.717) is 12.2 Å². The molecule has 0 aliphatic rings. The molecule has 1 unspecified atom stereocenters. The van der Waals surface area contributed by atoms with Gasteiger partial charge in [-0.1, -0.05) is 17.9 Å². The molecule has 4 nitrogen and oxygen atoms in total. The SMILES string of the molecule is COCCC(C)NC(=O)c1cc(C#CCO)ccc1C. The first-order valence-electron chi connectivity index (χ1n) is 6.58. The predicted molar refractivity (Wildman–Crippen MR) is 78.6 cm³/mol. The van der Waals surface area contributed by atoms with Crippen molar-refractivity contribution in [1.29, 1.82) is 0 Å². The van der Waals surface area contributed by atoms with E-state index >= 15 is 0 Å². The Kier molecular flexibility index (Phi) is 6.78. The largest absolute Gasteiger partial charge is 0.385 e. The van der Waals surface area contributed by atoms with Crippen LogP contribution in [0.15, 0.2) is 18.2 Å². The van der Waals surface area contributed by atoms with Crippen molar-refractivity contribution in [2.45, 2.75) is 26.3 Å². The Balaban J connectivity index is 2.81. The van der Waals surface area contributed by atoms with Crippen molar-refractivity contribution in [3.8, 4) is 11.8 Å². The fraction of sp³-hybridized carbons (Fsp3) is 0.438. The van der Waals surface area contributed by atoms with Gasteiger partial charge < -0.3 is 15.2 Å². The Bertz CT molecular complexity index is 514. The number of methoxy groups -OCH3 is 1.